The first-order chi connectivity index (χ1) is 6.62. The number of rotatable bonds is 1. The number of ether oxygens (including phenoxy) is 1. The van der Waals surface area contributed by atoms with Crippen LogP contribution in [-0.2, 0) is 6.42 Å². The standard InChI is InChI=1S/C13H18O/c1-10(2)13(3)9-8-11-6-4-5-7-12(11)14-13/h4-7,10H,8-9H2,1-3H3. The van der Waals surface area contributed by atoms with Crippen LogP contribution < -0.4 is 4.74 Å². The maximum atomic E-state index is 6.08. The first kappa shape index (κ1) is 9.57. The Morgan fingerprint density at radius 1 is 1.29 bits per heavy atom. The summed E-state index contributed by atoms with van der Waals surface area (Å²) in [4.78, 5) is 0. The van der Waals surface area contributed by atoms with Gasteiger partial charge in [0.1, 0.15) is 11.4 Å². The van der Waals surface area contributed by atoms with Crippen LogP contribution in [0.2, 0.25) is 0 Å². The second-order valence-corrected chi connectivity index (χ2v) is 4.68. The average Bonchev–Trinajstić information content (AvgIpc) is 2.17. The average molecular weight is 190 g/mol. The van der Waals surface area contributed by atoms with Crippen LogP contribution in [0, 0.1) is 5.92 Å². The van der Waals surface area contributed by atoms with Crippen molar-refractivity contribution in [1.82, 2.24) is 0 Å². The Bertz CT molecular complexity index is 330. The zero-order valence-corrected chi connectivity index (χ0v) is 9.21. The van der Waals surface area contributed by atoms with E-state index in [4.69, 9.17) is 4.74 Å². The lowest BCUT2D eigenvalue weighted by molar-refractivity contribution is 0.0202. The van der Waals surface area contributed by atoms with Crippen LogP contribution in [0.15, 0.2) is 24.3 Å². The van der Waals surface area contributed by atoms with E-state index < -0.39 is 0 Å². The van der Waals surface area contributed by atoms with Gasteiger partial charge in [-0.25, -0.2) is 0 Å². The van der Waals surface area contributed by atoms with E-state index in [2.05, 4.69) is 39.0 Å². The van der Waals surface area contributed by atoms with E-state index in [1.807, 2.05) is 6.07 Å². The Balaban J connectivity index is 2.29. The van der Waals surface area contributed by atoms with E-state index in [1.54, 1.807) is 0 Å². The van der Waals surface area contributed by atoms with E-state index in [0.29, 0.717) is 5.92 Å². The third-order valence-corrected chi connectivity index (χ3v) is 3.43. The van der Waals surface area contributed by atoms with Gasteiger partial charge in [0.25, 0.3) is 0 Å². The van der Waals surface area contributed by atoms with Gasteiger partial charge in [0.05, 0.1) is 0 Å². The zero-order valence-electron chi connectivity index (χ0n) is 9.21. The van der Waals surface area contributed by atoms with Crippen molar-refractivity contribution in [2.75, 3.05) is 0 Å². The highest BCUT2D eigenvalue weighted by atomic mass is 16.5. The summed E-state index contributed by atoms with van der Waals surface area (Å²) < 4.78 is 6.08. The number of fused-ring (bicyclic) bond motifs is 1. The van der Waals surface area contributed by atoms with Gasteiger partial charge >= 0.3 is 0 Å². The molecule has 0 amide bonds. The van der Waals surface area contributed by atoms with Gasteiger partial charge in [-0.3, -0.25) is 0 Å². The van der Waals surface area contributed by atoms with Crippen LogP contribution in [-0.4, -0.2) is 5.60 Å². The van der Waals surface area contributed by atoms with E-state index in [0.717, 1.165) is 18.6 Å². The Kier molecular flexibility index (Phi) is 2.26. The number of hydrogen-bond donors (Lipinski definition) is 0. The molecule has 0 radical (unpaired) electrons. The molecule has 0 bridgehead atoms. The molecule has 76 valence electrons. The minimum atomic E-state index is 0.0222. The maximum Gasteiger partial charge on any atom is 0.123 e. The van der Waals surface area contributed by atoms with Crippen LogP contribution in [0.1, 0.15) is 32.8 Å². The number of para-hydroxylation sites is 1. The lowest BCUT2D eigenvalue weighted by Crippen LogP contribution is -2.41. The van der Waals surface area contributed by atoms with Crippen molar-refractivity contribution >= 4 is 0 Å². The van der Waals surface area contributed by atoms with Gasteiger partial charge in [-0.05, 0) is 37.3 Å². The molecule has 1 heteroatoms. The summed E-state index contributed by atoms with van der Waals surface area (Å²) in [5, 5.41) is 0. The highest BCUT2D eigenvalue weighted by Crippen LogP contribution is 2.36. The van der Waals surface area contributed by atoms with E-state index in [-0.39, 0.29) is 5.60 Å². The Hall–Kier alpha value is -0.980. The van der Waals surface area contributed by atoms with Gasteiger partial charge < -0.3 is 4.74 Å². The Morgan fingerprint density at radius 2 is 2.00 bits per heavy atom. The van der Waals surface area contributed by atoms with Crippen molar-refractivity contribution in [3.8, 4) is 5.75 Å². The third-order valence-electron chi connectivity index (χ3n) is 3.43. The predicted octanol–water partition coefficient (Wildman–Crippen LogP) is 3.43. The highest BCUT2D eigenvalue weighted by molar-refractivity contribution is 5.36. The molecule has 0 saturated carbocycles. The number of benzene rings is 1. The van der Waals surface area contributed by atoms with Gasteiger partial charge in [-0.1, -0.05) is 32.0 Å². The van der Waals surface area contributed by atoms with Crippen LogP contribution in [0.3, 0.4) is 0 Å². The fourth-order valence-corrected chi connectivity index (χ4v) is 1.90. The van der Waals surface area contributed by atoms with Gasteiger partial charge in [0, 0.05) is 0 Å². The van der Waals surface area contributed by atoms with Crippen molar-refractivity contribution in [2.24, 2.45) is 5.92 Å². The van der Waals surface area contributed by atoms with Gasteiger partial charge in [0.2, 0.25) is 0 Å². The van der Waals surface area contributed by atoms with Crippen molar-refractivity contribution in [2.45, 2.75) is 39.2 Å². The van der Waals surface area contributed by atoms with Crippen molar-refractivity contribution < 1.29 is 4.74 Å². The number of aryl methyl sites for hydroxylation is 1. The molecule has 1 atom stereocenters. The molecule has 1 aliphatic rings. The molecular weight excluding hydrogens is 172 g/mol. The monoisotopic (exact) mass is 190 g/mol. The SMILES string of the molecule is CC(C)C1(C)CCc2ccccc2O1. The summed E-state index contributed by atoms with van der Waals surface area (Å²) in [6, 6.07) is 8.37. The summed E-state index contributed by atoms with van der Waals surface area (Å²) in [5.74, 6) is 1.64. The predicted molar refractivity (Wildman–Crippen MR) is 58.6 cm³/mol. The number of hydrogen-bond acceptors (Lipinski definition) is 1. The molecule has 1 unspecified atom stereocenters. The molecule has 0 spiro atoms. The topological polar surface area (TPSA) is 9.23 Å². The summed E-state index contributed by atoms with van der Waals surface area (Å²) >= 11 is 0. The molecule has 1 nitrogen and oxygen atoms in total. The fourth-order valence-electron chi connectivity index (χ4n) is 1.90. The van der Waals surface area contributed by atoms with Gasteiger partial charge in [0.15, 0.2) is 0 Å². The normalized spacial score (nSPS) is 25.7. The molecule has 0 N–H and O–H groups in total. The summed E-state index contributed by atoms with van der Waals surface area (Å²) in [6.45, 7) is 6.68. The molecule has 14 heavy (non-hydrogen) atoms. The van der Waals surface area contributed by atoms with Crippen LogP contribution in [0.4, 0.5) is 0 Å². The van der Waals surface area contributed by atoms with Crippen LogP contribution in [0.5, 0.6) is 5.75 Å². The van der Waals surface area contributed by atoms with Gasteiger partial charge in [-0.2, -0.15) is 0 Å². The zero-order chi connectivity index (χ0) is 10.2. The van der Waals surface area contributed by atoms with Crippen LogP contribution >= 0.6 is 0 Å². The summed E-state index contributed by atoms with van der Waals surface area (Å²) in [5.41, 5.74) is 1.37. The minimum absolute atomic E-state index is 0.0222. The Labute approximate surface area is 86.1 Å². The first-order valence-electron chi connectivity index (χ1n) is 5.39. The van der Waals surface area contributed by atoms with Crippen molar-refractivity contribution in [1.29, 1.82) is 0 Å². The first-order valence-corrected chi connectivity index (χ1v) is 5.39. The molecule has 1 aliphatic heterocycles. The molecule has 1 aromatic carbocycles. The molecule has 1 heterocycles. The smallest absolute Gasteiger partial charge is 0.123 e. The third kappa shape index (κ3) is 1.52. The lowest BCUT2D eigenvalue weighted by atomic mass is 9.84. The second kappa shape index (κ2) is 3.30. The molecule has 0 fully saturated rings. The molecule has 1 aromatic rings. The molecule has 2 rings (SSSR count). The van der Waals surface area contributed by atoms with Crippen molar-refractivity contribution in [3.63, 3.8) is 0 Å². The summed E-state index contributed by atoms with van der Waals surface area (Å²) in [6.07, 6.45) is 2.27. The van der Waals surface area contributed by atoms with E-state index in [1.165, 1.54) is 5.56 Å². The second-order valence-electron chi connectivity index (χ2n) is 4.68. The van der Waals surface area contributed by atoms with Crippen molar-refractivity contribution in [3.05, 3.63) is 29.8 Å². The molecular formula is C13H18O. The van der Waals surface area contributed by atoms with E-state index >= 15 is 0 Å². The maximum absolute atomic E-state index is 6.08. The summed E-state index contributed by atoms with van der Waals surface area (Å²) in [7, 11) is 0. The van der Waals surface area contributed by atoms with Gasteiger partial charge in [-0.15, -0.1) is 0 Å². The molecule has 0 saturated heterocycles. The van der Waals surface area contributed by atoms with E-state index in [9.17, 15) is 0 Å². The Morgan fingerprint density at radius 3 is 2.71 bits per heavy atom. The fraction of sp³-hybridized carbons (Fsp3) is 0.538. The lowest BCUT2D eigenvalue weighted by Gasteiger charge is -2.39. The molecule has 0 aliphatic carbocycles. The quantitative estimate of drug-likeness (QED) is 0.659. The van der Waals surface area contributed by atoms with Crippen LogP contribution in [0.25, 0.3) is 0 Å². The minimum Gasteiger partial charge on any atom is -0.487 e. The molecule has 0 aromatic heterocycles. The largest absolute Gasteiger partial charge is 0.487 e. The highest BCUT2D eigenvalue weighted by Gasteiger charge is 2.34.